The summed E-state index contributed by atoms with van der Waals surface area (Å²) in [6.45, 7) is 3.31. The van der Waals surface area contributed by atoms with Crippen LogP contribution in [-0.2, 0) is 11.2 Å². The van der Waals surface area contributed by atoms with Crippen LogP contribution in [0.3, 0.4) is 0 Å². The number of carbonyl (C=O) groups excluding carboxylic acids is 1. The van der Waals surface area contributed by atoms with Gasteiger partial charge in [0.05, 0.1) is 0 Å². The van der Waals surface area contributed by atoms with Crippen molar-refractivity contribution in [2.24, 2.45) is 0 Å². The number of rotatable bonds is 6. The van der Waals surface area contributed by atoms with E-state index in [0.717, 1.165) is 19.4 Å². The molecule has 1 aliphatic rings. The van der Waals surface area contributed by atoms with Crippen LogP contribution >= 0.6 is 0 Å². The minimum Gasteiger partial charge on any atom is -0.354 e. The second-order valence-corrected chi connectivity index (χ2v) is 5.74. The number of carbonyl (C=O) groups is 1. The van der Waals surface area contributed by atoms with Gasteiger partial charge in [-0.25, -0.2) is 0 Å². The molecule has 0 spiro atoms. The molecule has 2 rings (SSSR count). The van der Waals surface area contributed by atoms with Crippen molar-refractivity contribution < 1.29 is 4.79 Å². The van der Waals surface area contributed by atoms with Gasteiger partial charge in [-0.3, -0.25) is 4.79 Å². The van der Waals surface area contributed by atoms with Gasteiger partial charge in [-0.15, -0.1) is 0 Å². The van der Waals surface area contributed by atoms with Crippen LogP contribution in [0, 0.1) is 0 Å². The molecule has 1 aromatic rings. The van der Waals surface area contributed by atoms with Crippen LogP contribution in [0.5, 0.6) is 0 Å². The number of likely N-dealkylation sites (tertiary alicyclic amines) is 1. The second kappa shape index (κ2) is 8.75. The maximum absolute atomic E-state index is 10.8. The van der Waals surface area contributed by atoms with E-state index in [-0.39, 0.29) is 6.04 Å². The highest BCUT2D eigenvalue weighted by molar-refractivity contribution is 5.46. The zero-order valence-electron chi connectivity index (χ0n) is 12.3. The van der Waals surface area contributed by atoms with E-state index in [2.05, 4.69) is 34.5 Å². The minimum atomic E-state index is 0.217. The number of benzene rings is 1. The van der Waals surface area contributed by atoms with Crippen molar-refractivity contribution in [3.8, 4) is 0 Å². The highest BCUT2D eigenvalue weighted by Crippen LogP contribution is 2.12. The van der Waals surface area contributed by atoms with Crippen LogP contribution < -0.4 is 5.32 Å². The predicted octanol–water partition coefficient (Wildman–Crippen LogP) is 2.61. The lowest BCUT2D eigenvalue weighted by atomic mass is 10.0. The van der Waals surface area contributed by atoms with Crippen molar-refractivity contribution in [3.05, 3.63) is 35.9 Å². The Labute approximate surface area is 122 Å². The summed E-state index contributed by atoms with van der Waals surface area (Å²) in [5.74, 6) is 0. The third-order valence-electron chi connectivity index (χ3n) is 4.06. The van der Waals surface area contributed by atoms with Crippen LogP contribution in [0.4, 0.5) is 0 Å². The topological polar surface area (TPSA) is 32.3 Å². The fourth-order valence-corrected chi connectivity index (χ4v) is 2.98. The van der Waals surface area contributed by atoms with Gasteiger partial charge in [0.25, 0.3) is 0 Å². The van der Waals surface area contributed by atoms with E-state index in [1.165, 1.54) is 50.8 Å². The smallest absolute Gasteiger partial charge is 0.207 e. The Morgan fingerprint density at radius 3 is 2.35 bits per heavy atom. The van der Waals surface area contributed by atoms with Gasteiger partial charge in [0, 0.05) is 12.6 Å². The van der Waals surface area contributed by atoms with E-state index in [9.17, 15) is 4.79 Å². The lowest BCUT2D eigenvalue weighted by Crippen LogP contribution is -2.43. The summed E-state index contributed by atoms with van der Waals surface area (Å²) < 4.78 is 0. The maximum atomic E-state index is 10.8. The van der Waals surface area contributed by atoms with E-state index >= 15 is 0 Å². The van der Waals surface area contributed by atoms with Gasteiger partial charge in [0.15, 0.2) is 0 Å². The van der Waals surface area contributed by atoms with Crippen molar-refractivity contribution in [3.63, 3.8) is 0 Å². The SMILES string of the molecule is O=CN[C@@H](Cc1ccccc1)CN1CCCCCCC1. The molecule has 20 heavy (non-hydrogen) atoms. The van der Waals surface area contributed by atoms with Crippen LogP contribution in [0.1, 0.15) is 37.7 Å². The Balaban J connectivity index is 1.88. The molecule has 1 fully saturated rings. The quantitative estimate of drug-likeness (QED) is 0.809. The van der Waals surface area contributed by atoms with E-state index in [4.69, 9.17) is 0 Å². The Morgan fingerprint density at radius 2 is 1.70 bits per heavy atom. The molecule has 0 aromatic heterocycles. The number of nitrogens with one attached hydrogen (secondary N) is 1. The van der Waals surface area contributed by atoms with Crippen molar-refractivity contribution in [2.75, 3.05) is 19.6 Å². The third-order valence-corrected chi connectivity index (χ3v) is 4.06. The van der Waals surface area contributed by atoms with Gasteiger partial charge in [-0.05, 0) is 37.9 Å². The molecule has 0 unspecified atom stereocenters. The van der Waals surface area contributed by atoms with E-state index in [1.54, 1.807) is 0 Å². The molecule has 1 heterocycles. The lowest BCUT2D eigenvalue weighted by Gasteiger charge is -2.28. The highest BCUT2D eigenvalue weighted by atomic mass is 16.1. The number of nitrogens with zero attached hydrogens (tertiary/aromatic N) is 1. The Hall–Kier alpha value is -1.35. The monoisotopic (exact) mass is 274 g/mol. The van der Waals surface area contributed by atoms with Crippen LogP contribution in [-0.4, -0.2) is 37.0 Å². The standard InChI is InChI=1S/C17H26N2O/c20-15-18-17(13-16-9-5-4-6-10-16)14-19-11-7-2-1-3-8-12-19/h4-6,9-10,15,17H,1-3,7-8,11-14H2,(H,18,20)/t17-/m0/s1. The lowest BCUT2D eigenvalue weighted by molar-refractivity contribution is -0.110. The molecule has 0 bridgehead atoms. The molecule has 3 nitrogen and oxygen atoms in total. The molecule has 0 radical (unpaired) electrons. The molecule has 1 N–H and O–H groups in total. The van der Waals surface area contributed by atoms with Gasteiger partial charge in [-0.1, -0.05) is 49.6 Å². The van der Waals surface area contributed by atoms with Gasteiger partial charge in [-0.2, -0.15) is 0 Å². The average Bonchev–Trinajstić information content (AvgIpc) is 2.43. The third kappa shape index (κ3) is 5.33. The summed E-state index contributed by atoms with van der Waals surface area (Å²) >= 11 is 0. The fourth-order valence-electron chi connectivity index (χ4n) is 2.98. The largest absolute Gasteiger partial charge is 0.354 e. The van der Waals surface area contributed by atoms with Crippen LogP contribution in [0.15, 0.2) is 30.3 Å². The summed E-state index contributed by atoms with van der Waals surface area (Å²) in [6, 6.07) is 10.6. The Morgan fingerprint density at radius 1 is 1.05 bits per heavy atom. The van der Waals surface area contributed by atoms with Crippen molar-refractivity contribution >= 4 is 6.41 Å². The summed E-state index contributed by atoms with van der Waals surface area (Å²) in [5, 5.41) is 2.99. The van der Waals surface area contributed by atoms with E-state index in [0.29, 0.717) is 0 Å². The van der Waals surface area contributed by atoms with Crippen molar-refractivity contribution in [1.82, 2.24) is 10.2 Å². The minimum absolute atomic E-state index is 0.217. The first-order valence-corrected chi connectivity index (χ1v) is 7.84. The van der Waals surface area contributed by atoms with Crippen LogP contribution in [0.25, 0.3) is 0 Å². The summed E-state index contributed by atoms with van der Waals surface area (Å²) in [5.41, 5.74) is 1.29. The molecule has 0 aliphatic carbocycles. The zero-order valence-corrected chi connectivity index (χ0v) is 12.3. The Kier molecular flexibility index (Phi) is 6.58. The zero-order chi connectivity index (χ0) is 14.0. The number of amides is 1. The molecular weight excluding hydrogens is 248 g/mol. The maximum Gasteiger partial charge on any atom is 0.207 e. The number of hydrogen-bond donors (Lipinski definition) is 1. The molecule has 0 saturated carbocycles. The molecular formula is C17H26N2O. The van der Waals surface area contributed by atoms with Crippen molar-refractivity contribution in [1.29, 1.82) is 0 Å². The van der Waals surface area contributed by atoms with Crippen molar-refractivity contribution in [2.45, 2.75) is 44.6 Å². The van der Waals surface area contributed by atoms with Gasteiger partial charge >= 0.3 is 0 Å². The second-order valence-electron chi connectivity index (χ2n) is 5.74. The van der Waals surface area contributed by atoms with Gasteiger partial charge < -0.3 is 10.2 Å². The molecule has 1 saturated heterocycles. The summed E-state index contributed by atoms with van der Waals surface area (Å²) in [7, 11) is 0. The first kappa shape index (κ1) is 15.0. The van der Waals surface area contributed by atoms with Gasteiger partial charge in [0.2, 0.25) is 6.41 Å². The van der Waals surface area contributed by atoms with Gasteiger partial charge in [0.1, 0.15) is 0 Å². The Bertz CT molecular complexity index is 372. The molecule has 1 amide bonds. The van der Waals surface area contributed by atoms with Crippen LogP contribution in [0.2, 0.25) is 0 Å². The predicted molar refractivity (Wildman–Crippen MR) is 82.7 cm³/mol. The highest BCUT2D eigenvalue weighted by Gasteiger charge is 2.15. The summed E-state index contributed by atoms with van der Waals surface area (Å²) in [4.78, 5) is 13.4. The van der Waals surface area contributed by atoms with E-state index < -0.39 is 0 Å². The molecule has 3 heteroatoms. The van der Waals surface area contributed by atoms with E-state index in [1.807, 2.05) is 6.07 Å². The first-order chi connectivity index (χ1) is 9.88. The first-order valence-electron chi connectivity index (χ1n) is 7.84. The molecule has 1 aliphatic heterocycles. The summed E-state index contributed by atoms with van der Waals surface area (Å²) in [6.07, 6.45) is 8.42. The normalized spacial score (nSPS) is 18.8. The molecule has 1 aromatic carbocycles. The fraction of sp³-hybridized carbons (Fsp3) is 0.588. The number of hydrogen-bond acceptors (Lipinski definition) is 2. The molecule has 110 valence electrons. The average molecular weight is 274 g/mol. The molecule has 1 atom stereocenters.